The number of fused-ring (bicyclic) bond motifs is 1. The van der Waals surface area contributed by atoms with E-state index in [4.69, 9.17) is 4.74 Å². The van der Waals surface area contributed by atoms with Gasteiger partial charge in [0.05, 0.1) is 12.7 Å². The first-order chi connectivity index (χ1) is 10.1. The number of rotatable bonds is 6. The lowest BCUT2D eigenvalue weighted by atomic mass is 10.1. The Morgan fingerprint density at radius 2 is 2.10 bits per heavy atom. The second-order valence-corrected chi connectivity index (χ2v) is 5.00. The summed E-state index contributed by atoms with van der Waals surface area (Å²) in [5, 5.41) is 7.83. The second kappa shape index (κ2) is 7.04. The second-order valence-electron chi connectivity index (χ2n) is 5.00. The minimum Gasteiger partial charge on any atom is -0.377 e. The molecular weight excluding hydrogens is 266 g/mol. The van der Waals surface area contributed by atoms with Crippen LogP contribution in [0.25, 0.3) is 10.8 Å². The van der Waals surface area contributed by atoms with Crippen molar-refractivity contribution in [3.8, 4) is 0 Å². The van der Waals surface area contributed by atoms with Gasteiger partial charge in [-0.2, -0.15) is 0 Å². The van der Waals surface area contributed by atoms with Gasteiger partial charge >= 0.3 is 0 Å². The first-order valence-corrected chi connectivity index (χ1v) is 7.09. The zero-order valence-electron chi connectivity index (χ0n) is 12.6. The lowest BCUT2D eigenvalue weighted by Crippen LogP contribution is -2.28. The molecule has 0 atom stereocenters. The van der Waals surface area contributed by atoms with Gasteiger partial charge in [-0.15, -0.1) is 0 Å². The van der Waals surface area contributed by atoms with Gasteiger partial charge < -0.3 is 15.4 Å². The van der Waals surface area contributed by atoms with Gasteiger partial charge in [-0.05, 0) is 25.3 Å². The number of pyridine rings is 1. The molecule has 2 N–H and O–H groups in total. The summed E-state index contributed by atoms with van der Waals surface area (Å²) in [5.41, 5.74) is 0.405. The average Bonchev–Trinajstić information content (AvgIpc) is 2.50. The van der Waals surface area contributed by atoms with Gasteiger partial charge in [-0.3, -0.25) is 4.79 Å². The lowest BCUT2D eigenvalue weighted by Gasteiger charge is -2.10. The maximum Gasteiger partial charge on any atom is 0.270 e. The van der Waals surface area contributed by atoms with E-state index in [-0.39, 0.29) is 12.0 Å². The molecule has 0 aliphatic rings. The Morgan fingerprint density at radius 3 is 2.81 bits per heavy atom. The van der Waals surface area contributed by atoms with E-state index < -0.39 is 0 Å². The number of carbonyl (C=O) groups excluding carboxylic acids is 1. The van der Waals surface area contributed by atoms with Crippen molar-refractivity contribution in [1.29, 1.82) is 0 Å². The van der Waals surface area contributed by atoms with Gasteiger partial charge in [0.2, 0.25) is 0 Å². The summed E-state index contributed by atoms with van der Waals surface area (Å²) in [6.45, 7) is 4.90. The zero-order valence-corrected chi connectivity index (χ0v) is 12.6. The number of nitrogens with zero attached hydrogens (tertiary/aromatic N) is 1. The quantitative estimate of drug-likeness (QED) is 0.801. The molecule has 0 aliphatic heterocycles. The van der Waals surface area contributed by atoms with Crippen LogP contribution in [0.3, 0.4) is 0 Å². The number of nitrogens with one attached hydrogen (secondary N) is 2. The molecule has 21 heavy (non-hydrogen) atoms. The Kier molecular flexibility index (Phi) is 5.11. The summed E-state index contributed by atoms with van der Waals surface area (Å²) in [7, 11) is 1.80. The van der Waals surface area contributed by atoms with E-state index in [1.165, 1.54) is 0 Å². The van der Waals surface area contributed by atoms with E-state index >= 15 is 0 Å². The summed E-state index contributed by atoms with van der Waals surface area (Å²) < 4.78 is 5.40. The smallest absolute Gasteiger partial charge is 0.270 e. The summed E-state index contributed by atoms with van der Waals surface area (Å²) in [6, 6.07) is 9.64. The monoisotopic (exact) mass is 287 g/mol. The van der Waals surface area contributed by atoms with Gasteiger partial charge in [0.15, 0.2) is 0 Å². The summed E-state index contributed by atoms with van der Waals surface area (Å²) in [6.07, 6.45) is 0.164. The molecule has 0 fully saturated rings. The fraction of sp³-hybridized carbons (Fsp3) is 0.375. The Morgan fingerprint density at radius 1 is 1.33 bits per heavy atom. The van der Waals surface area contributed by atoms with Crippen LogP contribution in [0.1, 0.15) is 24.3 Å². The van der Waals surface area contributed by atoms with E-state index in [1.807, 2.05) is 38.1 Å². The van der Waals surface area contributed by atoms with Crippen LogP contribution in [-0.2, 0) is 4.74 Å². The maximum absolute atomic E-state index is 12.1. The minimum atomic E-state index is -0.190. The highest BCUT2D eigenvalue weighted by Crippen LogP contribution is 2.21. The highest BCUT2D eigenvalue weighted by atomic mass is 16.5. The number of aromatic nitrogens is 1. The number of ether oxygens (including phenoxy) is 1. The number of hydrogen-bond donors (Lipinski definition) is 2. The molecule has 1 heterocycles. The Bertz CT molecular complexity index is 626. The summed E-state index contributed by atoms with van der Waals surface area (Å²) >= 11 is 0. The fourth-order valence-electron chi connectivity index (χ4n) is 2.06. The van der Waals surface area contributed by atoms with E-state index in [0.29, 0.717) is 24.7 Å². The van der Waals surface area contributed by atoms with Crippen LogP contribution in [0.4, 0.5) is 5.82 Å². The molecule has 0 bridgehead atoms. The summed E-state index contributed by atoms with van der Waals surface area (Å²) in [4.78, 5) is 16.5. The predicted molar refractivity (Wildman–Crippen MR) is 84.7 cm³/mol. The number of anilines is 1. The molecule has 1 aromatic heterocycles. The van der Waals surface area contributed by atoms with Crippen molar-refractivity contribution in [3.63, 3.8) is 0 Å². The molecular formula is C16H21N3O2. The molecule has 112 valence electrons. The number of carbonyl (C=O) groups is 1. The van der Waals surface area contributed by atoms with Gasteiger partial charge in [0.25, 0.3) is 5.91 Å². The molecule has 2 rings (SSSR count). The average molecular weight is 287 g/mol. The number of amides is 1. The van der Waals surface area contributed by atoms with E-state index in [0.717, 1.165) is 10.8 Å². The van der Waals surface area contributed by atoms with Crippen LogP contribution in [-0.4, -0.2) is 37.2 Å². The largest absolute Gasteiger partial charge is 0.377 e. The fourth-order valence-corrected chi connectivity index (χ4v) is 2.06. The molecule has 0 spiro atoms. The highest BCUT2D eigenvalue weighted by molar-refractivity contribution is 6.00. The third kappa shape index (κ3) is 3.92. The lowest BCUT2D eigenvalue weighted by molar-refractivity contribution is 0.0745. The third-order valence-corrected chi connectivity index (χ3v) is 3.05. The first-order valence-electron chi connectivity index (χ1n) is 7.09. The van der Waals surface area contributed by atoms with Gasteiger partial charge in [0.1, 0.15) is 11.5 Å². The molecule has 2 aromatic rings. The van der Waals surface area contributed by atoms with Gasteiger partial charge in [0, 0.05) is 19.0 Å². The van der Waals surface area contributed by atoms with Crippen molar-refractivity contribution in [3.05, 3.63) is 36.0 Å². The Balaban J connectivity index is 2.12. The van der Waals surface area contributed by atoms with Crippen molar-refractivity contribution in [2.45, 2.75) is 20.0 Å². The van der Waals surface area contributed by atoms with E-state index in [9.17, 15) is 4.79 Å². The molecule has 0 saturated heterocycles. The van der Waals surface area contributed by atoms with E-state index in [2.05, 4.69) is 15.6 Å². The number of benzene rings is 1. The topological polar surface area (TPSA) is 63.2 Å². The van der Waals surface area contributed by atoms with Crippen LogP contribution in [0.5, 0.6) is 0 Å². The van der Waals surface area contributed by atoms with Crippen LogP contribution < -0.4 is 10.6 Å². The van der Waals surface area contributed by atoms with Crippen LogP contribution in [0.15, 0.2) is 30.3 Å². The normalized spacial score (nSPS) is 10.9. The molecule has 0 radical (unpaired) electrons. The summed E-state index contributed by atoms with van der Waals surface area (Å²) in [5.74, 6) is 0.515. The molecule has 5 nitrogen and oxygen atoms in total. The van der Waals surface area contributed by atoms with Crippen LogP contribution >= 0.6 is 0 Å². The molecule has 5 heteroatoms. The maximum atomic E-state index is 12.1. The SMILES string of the molecule is CNc1nc(C(=O)NCCOC(C)C)cc2ccccc12. The van der Waals surface area contributed by atoms with Crippen molar-refractivity contribution in [2.24, 2.45) is 0 Å². The van der Waals surface area contributed by atoms with Crippen LogP contribution in [0.2, 0.25) is 0 Å². The predicted octanol–water partition coefficient (Wildman–Crippen LogP) is 2.43. The van der Waals surface area contributed by atoms with Crippen molar-refractivity contribution in [2.75, 3.05) is 25.5 Å². The Hall–Kier alpha value is -2.14. The molecule has 1 amide bonds. The van der Waals surface area contributed by atoms with Crippen LogP contribution in [0, 0.1) is 0 Å². The van der Waals surface area contributed by atoms with E-state index in [1.54, 1.807) is 13.1 Å². The minimum absolute atomic E-state index is 0.164. The Labute approximate surface area is 124 Å². The van der Waals surface area contributed by atoms with Gasteiger partial charge in [-0.1, -0.05) is 24.3 Å². The zero-order chi connectivity index (χ0) is 15.2. The highest BCUT2D eigenvalue weighted by Gasteiger charge is 2.11. The first kappa shape index (κ1) is 15.3. The molecule has 0 aliphatic carbocycles. The van der Waals surface area contributed by atoms with Gasteiger partial charge in [-0.25, -0.2) is 4.98 Å². The third-order valence-electron chi connectivity index (χ3n) is 3.05. The molecule has 0 saturated carbocycles. The number of hydrogen-bond acceptors (Lipinski definition) is 4. The molecule has 0 unspecified atom stereocenters. The van der Waals surface area contributed by atoms with Crippen molar-refractivity contribution in [1.82, 2.24) is 10.3 Å². The van der Waals surface area contributed by atoms with Crippen molar-refractivity contribution < 1.29 is 9.53 Å². The molecule has 1 aromatic carbocycles. The standard InChI is InChI=1S/C16H21N3O2/c1-11(2)21-9-8-18-16(20)14-10-12-6-4-5-7-13(12)15(17-3)19-14/h4-7,10-11H,8-9H2,1-3H3,(H,17,19)(H,18,20). The van der Waals surface area contributed by atoms with Crippen molar-refractivity contribution >= 4 is 22.5 Å².